The van der Waals surface area contributed by atoms with E-state index in [1.54, 1.807) is 17.9 Å². The lowest BCUT2D eigenvalue weighted by molar-refractivity contribution is 0.0724. The van der Waals surface area contributed by atoms with E-state index in [4.69, 9.17) is 9.88 Å². The Hall–Kier alpha value is -3.16. The molecule has 3 aromatic rings. The summed E-state index contributed by atoms with van der Waals surface area (Å²) < 4.78 is 29.6. The Morgan fingerprint density at radius 2 is 1.48 bits per heavy atom. The number of rotatable bonds is 2. The highest BCUT2D eigenvalue weighted by Gasteiger charge is 2.24. The summed E-state index contributed by atoms with van der Waals surface area (Å²) in [5, 5.41) is 5.26. The Labute approximate surface area is 169 Å². The van der Waals surface area contributed by atoms with Gasteiger partial charge in [0.25, 0.3) is 5.91 Å². The molecule has 1 aliphatic heterocycles. The highest BCUT2D eigenvalue weighted by atomic mass is 32.2. The minimum Gasteiger partial charge on any atom is -0.457 e. The summed E-state index contributed by atoms with van der Waals surface area (Å²) >= 11 is 0. The average Bonchev–Trinajstić information content (AvgIpc) is 2.67. The zero-order chi connectivity index (χ0) is 20.6. The first-order valence-electron chi connectivity index (χ1n) is 9.09. The van der Waals surface area contributed by atoms with Crippen molar-refractivity contribution in [2.24, 2.45) is 5.14 Å². The third kappa shape index (κ3) is 3.87. The molecule has 7 heteroatoms. The quantitative estimate of drug-likeness (QED) is 0.702. The fourth-order valence-corrected chi connectivity index (χ4v) is 3.92. The average molecular weight is 408 g/mol. The fraction of sp³-hybridized carbons (Fsp3) is 0.136. The number of sulfonamides is 1. The summed E-state index contributed by atoms with van der Waals surface area (Å²) in [4.78, 5) is 15.0. The van der Waals surface area contributed by atoms with E-state index in [0.717, 1.165) is 11.1 Å². The maximum absolute atomic E-state index is 13.4. The molecule has 0 fully saturated rings. The van der Waals surface area contributed by atoms with Crippen LogP contribution in [0.4, 0.5) is 0 Å². The standard InChI is InChI=1S/C22H20N2O4S/c1-15-10-11-18(29(23,26)27)12-19(15)22(25)24-13-16-6-2-4-8-20(16)28-21-9-5-3-7-17(21)14-24/h2-12H,13-14H2,1H3,(H2,23,26,27). The number of benzene rings is 3. The topological polar surface area (TPSA) is 89.7 Å². The van der Waals surface area contributed by atoms with Gasteiger partial charge < -0.3 is 9.64 Å². The largest absolute Gasteiger partial charge is 0.457 e. The number of nitrogens with zero attached hydrogens (tertiary/aromatic N) is 1. The summed E-state index contributed by atoms with van der Waals surface area (Å²) in [6.07, 6.45) is 0. The van der Waals surface area contributed by atoms with Crippen LogP contribution < -0.4 is 9.88 Å². The Bertz CT molecular complexity index is 1160. The van der Waals surface area contributed by atoms with Gasteiger partial charge in [0, 0.05) is 16.7 Å². The van der Waals surface area contributed by atoms with Gasteiger partial charge in [-0.15, -0.1) is 0 Å². The molecule has 2 N–H and O–H groups in total. The number of fused-ring (bicyclic) bond motifs is 2. The van der Waals surface area contributed by atoms with Gasteiger partial charge in [0.05, 0.1) is 18.0 Å². The molecule has 4 rings (SSSR count). The Morgan fingerprint density at radius 3 is 2.03 bits per heavy atom. The summed E-state index contributed by atoms with van der Waals surface area (Å²) in [5.74, 6) is 1.11. The van der Waals surface area contributed by atoms with E-state index in [-0.39, 0.29) is 10.8 Å². The van der Waals surface area contributed by atoms with Crippen molar-refractivity contribution in [3.05, 3.63) is 89.0 Å². The SMILES string of the molecule is Cc1ccc(S(N)(=O)=O)cc1C(=O)N1Cc2ccccc2Oc2ccccc2C1. The van der Waals surface area contributed by atoms with E-state index in [1.165, 1.54) is 12.1 Å². The van der Waals surface area contributed by atoms with Crippen molar-refractivity contribution >= 4 is 15.9 Å². The molecule has 0 radical (unpaired) electrons. The molecule has 0 bridgehead atoms. The smallest absolute Gasteiger partial charge is 0.254 e. The van der Waals surface area contributed by atoms with Crippen LogP contribution in [-0.2, 0) is 23.1 Å². The number of para-hydroxylation sites is 2. The molecular weight excluding hydrogens is 388 g/mol. The molecule has 0 spiro atoms. The lowest BCUT2D eigenvalue weighted by Gasteiger charge is -2.28. The van der Waals surface area contributed by atoms with Crippen LogP contribution in [0.3, 0.4) is 0 Å². The second kappa shape index (κ2) is 7.35. The summed E-state index contributed by atoms with van der Waals surface area (Å²) in [6.45, 7) is 2.44. The number of nitrogens with two attached hydrogens (primary N) is 1. The van der Waals surface area contributed by atoms with E-state index >= 15 is 0 Å². The third-order valence-corrected chi connectivity index (χ3v) is 5.85. The second-order valence-corrected chi connectivity index (χ2v) is 8.56. The summed E-state index contributed by atoms with van der Waals surface area (Å²) in [5.41, 5.74) is 2.74. The van der Waals surface area contributed by atoms with Crippen LogP contribution in [0.15, 0.2) is 71.6 Å². The predicted molar refractivity (Wildman–Crippen MR) is 109 cm³/mol. The van der Waals surface area contributed by atoms with Crippen molar-refractivity contribution in [3.63, 3.8) is 0 Å². The van der Waals surface area contributed by atoms with E-state index in [1.807, 2.05) is 48.5 Å². The van der Waals surface area contributed by atoms with E-state index < -0.39 is 10.0 Å². The molecule has 0 aromatic heterocycles. The molecule has 1 amide bonds. The second-order valence-electron chi connectivity index (χ2n) is 7.00. The molecule has 0 atom stereocenters. The third-order valence-electron chi connectivity index (χ3n) is 4.94. The minimum atomic E-state index is -3.91. The van der Waals surface area contributed by atoms with E-state index in [2.05, 4.69) is 0 Å². The maximum atomic E-state index is 13.4. The molecule has 6 nitrogen and oxygen atoms in total. The monoisotopic (exact) mass is 408 g/mol. The number of primary sulfonamides is 1. The number of hydrogen-bond acceptors (Lipinski definition) is 4. The first-order valence-corrected chi connectivity index (χ1v) is 10.6. The summed E-state index contributed by atoms with van der Waals surface area (Å²) in [6, 6.07) is 19.5. The Morgan fingerprint density at radius 1 is 0.931 bits per heavy atom. The van der Waals surface area contributed by atoms with Crippen molar-refractivity contribution in [2.45, 2.75) is 24.9 Å². The Kier molecular flexibility index (Phi) is 4.86. The molecule has 0 aliphatic carbocycles. The van der Waals surface area contributed by atoms with Crippen molar-refractivity contribution in [1.82, 2.24) is 4.90 Å². The maximum Gasteiger partial charge on any atom is 0.254 e. The normalized spacial score (nSPS) is 13.5. The van der Waals surface area contributed by atoms with Crippen LogP contribution in [0.25, 0.3) is 0 Å². The molecule has 148 valence electrons. The number of carbonyl (C=O) groups excluding carboxylic acids is 1. The minimum absolute atomic E-state index is 0.0809. The van der Waals surface area contributed by atoms with Crippen LogP contribution in [0, 0.1) is 6.92 Å². The highest BCUT2D eigenvalue weighted by molar-refractivity contribution is 7.89. The first-order chi connectivity index (χ1) is 13.8. The van der Waals surface area contributed by atoms with Crippen molar-refractivity contribution in [1.29, 1.82) is 0 Å². The number of aryl methyl sites for hydroxylation is 1. The molecule has 29 heavy (non-hydrogen) atoms. The van der Waals surface area contributed by atoms with Gasteiger partial charge >= 0.3 is 0 Å². The van der Waals surface area contributed by atoms with Gasteiger partial charge in [-0.3, -0.25) is 4.79 Å². The van der Waals surface area contributed by atoms with Gasteiger partial charge in [-0.05, 0) is 36.8 Å². The molecule has 0 unspecified atom stereocenters. The zero-order valence-corrected chi connectivity index (χ0v) is 16.6. The van der Waals surface area contributed by atoms with Crippen LogP contribution in [0.1, 0.15) is 27.0 Å². The molecule has 3 aromatic carbocycles. The van der Waals surface area contributed by atoms with E-state index in [0.29, 0.717) is 35.7 Å². The number of ether oxygens (including phenoxy) is 1. The fourth-order valence-electron chi connectivity index (χ4n) is 3.38. The van der Waals surface area contributed by atoms with Gasteiger partial charge in [-0.25, -0.2) is 13.6 Å². The predicted octanol–water partition coefficient (Wildman–Crippen LogP) is 3.59. The molecule has 0 saturated carbocycles. The Balaban J connectivity index is 1.80. The number of amides is 1. The zero-order valence-electron chi connectivity index (χ0n) is 15.8. The van der Waals surface area contributed by atoms with Gasteiger partial charge in [0.1, 0.15) is 11.5 Å². The molecule has 0 saturated heterocycles. The van der Waals surface area contributed by atoms with Gasteiger partial charge in [-0.1, -0.05) is 42.5 Å². The molecule has 1 heterocycles. The van der Waals surface area contributed by atoms with Crippen LogP contribution in [-0.4, -0.2) is 19.2 Å². The number of carbonyl (C=O) groups is 1. The first kappa shape index (κ1) is 19.2. The molecule has 1 aliphatic rings. The van der Waals surface area contributed by atoms with Crippen molar-refractivity contribution in [3.8, 4) is 11.5 Å². The lowest BCUT2D eigenvalue weighted by atomic mass is 10.0. The van der Waals surface area contributed by atoms with Gasteiger partial charge in [0.15, 0.2) is 0 Å². The van der Waals surface area contributed by atoms with Crippen molar-refractivity contribution in [2.75, 3.05) is 0 Å². The molecular formula is C22H20N2O4S. The number of hydrogen-bond donors (Lipinski definition) is 1. The van der Waals surface area contributed by atoms with Crippen LogP contribution in [0.5, 0.6) is 11.5 Å². The van der Waals surface area contributed by atoms with Crippen LogP contribution >= 0.6 is 0 Å². The van der Waals surface area contributed by atoms with Gasteiger partial charge in [-0.2, -0.15) is 0 Å². The van der Waals surface area contributed by atoms with E-state index in [9.17, 15) is 13.2 Å². The highest BCUT2D eigenvalue weighted by Crippen LogP contribution is 2.33. The van der Waals surface area contributed by atoms with Crippen molar-refractivity contribution < 1.29 is 17.9 Å². The summed E-state index contributed by atoms with van der Waals surface area (Å²) in [7, 11) is -3.91. The lowest BCUT2D eigenvalue weighted by Crippen LogP contribution is -2.32. The van der Waals surface area contributed by atoms with Gasteiger partial charge in [0.2, 0.25) is 10.0 Å². The van der Waals surface area contributed by atoms with Crippen LogP contribution in [0.2, 0.25) is 0 Å².